The van der Waals surface area contributed by atoms with Crippen molar-refractivity contribution in [3.05, 3.63) is 148 Å². The lowest BCUT2D eigenvalue weighted by molar-refractivity contribution is 0.494. The summed E-state index contributed by atoms with van der Waals surface area (Å²) in [5.74, 6) is 2.89. The molecule has 0 saturated heterocycles. The Bertz CT molecular complexity index is 2290. The number of nitrogens with zero attached hydrogens (tertiary/aromatic N) is 2. The number of rotatable bonds is 5. The van der Waals surface area contributed by atoms with Crippen LogP contribution in [0.3, 0.4) is 0 Å². The molecule has 0 N–H and O–H groups in total. The summed E-state index contributed by atoms with van der Waals surface area (Å²) in [6.45, 7) is 4.60. The van der Waals surface area contributed by atoms with Crippen molar-refractivity contribution in [1.29, 1.82) is 0 Å². The van der Waals surface area contributed by atoms with Gasteiger partial charge in [0.05, 0.1) is 28.3 Å². The zero-order valence-corrected chi connectivity index (χ0v) is 29.2. The molecule has 4 nitrogen and oxygen atoms in total. The molecule has 5 aromatic rings. The van der Waals surface area contributed by atoms with Crippen LogP contribution >= 0.6 is 0 Å². The molecule has 4 heteroatoms. The number of hydrogen-bond acceptors (Lipinski definition) is 3. The standard InChI is InChI=1S/C47H43N2O2/c1-4-14-32(15-5-1)42-30-34(40-28-36-20-10-24-48-26-12-22-38(44(36)48)46(40)50-42)18-8-3-9-19-35-31-43(33-16-6-2-7-17-33)51-47-39-23-13-27-49-25-11-21-37(45(39)49)29-41(35)47/h1-9,14-19,28-31H,10-13,20-27H2/q+1. The molecule has 0 amide bonds. The molecule has 1 aromatic heterocycles. The van der Waals surface area contributed by atoms with Crippen LogP contribution in [0.2, 0.25) is 0 Å². The fourth-order valence-electron chi connectivity index (χ4n) is 9.19. The van der Waals surface area contributed by atoms with Crippen molar-refractivity contribution >= 4 is 39.8 Å². The van der Waals surface area contributed by atoms with Gasteiger partial charge < -0.3 is 14.5 Å². The van der Waals surface area contributed by atoms with Gasteiger partial charge in [-0.3, -0.25) is 0 Å². The highest BCUT2D eigenvalue weighted by Crippen LogP contribution is 2.48. The van der Waals surface area contributed by atoms with Gasteiger partial charge in [-0.15, -0.1) is 0 Å². The molecule has 0 radical (unpaired) electrons. The summed E-state index contributed by atoms with van der Waals surface area (Å²) in [6.07, 6.45) is 22.5. The minimum absolute atomic E-state index is 0.918. The van der Waals surface area contributed by atoms with Gasteiger partial charge in [-0.2, -0.15) is 0 Å². The van der Waals surface area contributed by atoms with Crippen LogP contribution in [0.5, 0.6) is 5.75 Å². The van der Waals surface area contributed by atoms with E-state index >= 15 is 0 Å². The first-order valence-electron chi connectivity index (χ1n) is 19.0. The highest BCUT2D eigenvalue weighted by atomic mass is 16.5. The minimum atomic E-state index is 0.918. The average molecular weight is 668 g/mol. The summed E-state index contributed by atoms with van der Waals surface area (Å²) in [6, 6.07) is 28.1. The third kappa shape index (κ3) is 5.40. The lowest BCUT2D eigenvalue weighted by Gasteiger charge is -2.39. The van der Waals surface area contributed by atoms with Crippen molar-refractivity contribution < 1.29 is 9.15 Å². The van der Waals surface area contributed by atoms with Crippen molar-refractivity contribution in [3.8, 4) is 17.1 Å². The van der Waals surface area contributed by atoms with Crippen LogP contribution in [-0.4, -0.2) is 26.2 Å². The second-order valence-electron chi connectivity index (χ2n) is 14.6. The number of anilines is 2. The molecule has 0 atom stereocenters. The molecule has 4 aromatic carbocycles. The predicted octanol–water partition coefficient (Wildman–Crippen LogP) is 10.9. The number of aryl methyl sites for hydroxylation is 3. The lowest BCUT2D eigenvalue weighted by atomic mass is 9.86. The second kappa shape index (κ2) is 12.8. The molecule has 51 heavy (non-hydrogen) atoms. The van der Waals surface area contributed by atoms with Crippen LogP contribution < -0.4 is 14.5 Å². The van der Waals surface area contributed by atoms with E-state index in [4.69, 9.17) is 9.15 Å². The van der Waals surface area contributed by atoms with E-state index in [1.54, 1.807) is 0 Å². The van der Waals surface area contributed by atoms with E-state index in [2.05, 4.69) is 125 Å². The molecule has 0 spiro atoms. The van der Waals surface area contributed by atoms with E-state index in [1.165, 1.54) is 81.4 Å². The van der Waals surface area contributed by atoms with Gasteiger partial charge in [0.2, 0.25) is 0 Å². The van der Waals surface area contributed by atoms with Crippen LogP contribution in [0.25, 0.3) is 39.7 Å². The van der Waals surface area contributed by atoms with Gasteiger partial charge in [0.1, 0.15) is 11.5 Å². The summed E-state index contributed by atoms with van der Waals surface area (Å²) in [4.78, 5) is 5.20. The summed E-state index contributed by atoms with van der Waals surface area (Å²) in [7, 11) is 0. The molecule has 6 heterocycles. The molecular formula is C47H43N2O2+. The van der Waals surface area contributed by atoms with Gasteiger partial charge >= 0.3 is 11.3 Å². The molecule has 5 aliphatic heterocycles. The van der Waals surface area contributed by atoms with Crippen molar-refractivity contribution in [2.45, 2.75) is 51.4 Å². The predicted molar refractivity (Wildman–Crippen MR) is 211 cm³/mol. The fraction of sp³-hybridized carbons (Fsp3) is 0.255. The monoisotopic (exact) mass is 667 g/mol. The second-order valence-corrected chi connectivity index (χ2v) is 14.6. The maximum atomic E-state index is 6.81. The molecule has 0 saturated carbocycles. The Morgan fingerprint density at radius 3 is 2.02 bits per heavy atom. The molecule has 5 aliphatic rings. The van der Waals surface area contributed by atoms with Crippen molar-refractivity contribution in [2.24, 2.45) is 0 Å². The highest BCUT2D eigenvalue weighted by molar-refractivity contribution is 5.96. The summed E-state index contributed by atoms with van der Waals surface area (Å²) in [5.41, 5.74) is 15.5. The SMILES string of the molecule is C1=C(c2ccccc2)Oc2c(cc3c4c2CCCN4CCC3)/C1=C/C=C/C=C/c1cc(-c2ccccc2)[o+]c2c3c4c(cc12)CCCN4CCC3. The number of ether oxygens (including phenoxy) is 1. The van der Waals surface area contributed by atoms with Gasteiger partial charge in [0.25, 0.3) is 0 Å². The van der Waals surface area contributed by atoms with E-state index in [9.17, 15) is 0 Å². The van der Waals surface area contributed by atoms with Crippen molar-refractivity contribution in [1.82, 2.24) is 0 Å². The zero-order chi connectivity index (χ0) is 33.7. The van der Waals surface area contributed by atoms with E-state index in [0.717, 1.165) is 85.8 Å². The number of allylic oxidation sites excluding steroid dienone is 6. The topological polar surface area (TPSA) is 27.0 Å². The Balaban J connectivity index is 1.05. The van der Waals surface area contributed by atoms with E-state index in [0.29, 0.717) is 0 Å². The Kier molecular flexibility index (Phi) is 7.62. The Hall–Kier alpha value is -5.35. The fourth-order valence-corrected chi connectivity index (χ4v) is 9.19. The largest absolute Gasteiger partial charge is 0.456 e. The normalized spacial score (nSPS) is 18.5. The smallest absolute Gasteiger partial charge is 0.366 e. The summed E-state index contributed by atoms with van der Waals surface area (Å²) >= 11 is 0. The van der Waals surface area contributed by atoms with Crippen LogP contribution in [-0.2, 0) is 25.7 Å². The van der Waals surface area contributed by atoms with Gasteiger partial charge in [-0.05, 0) is 98.4 Å². The molecule has 0 bridgehead atoms. The lowest BCUT2D eigenvalue weighted by Crippen LogP contribution is -2.35. The molecular weight excluding hydrogens is 625 g/mol. The maximum Gasteiger partial charge on any atom is 0.366 e. The molecule has 10 rings (SSSR count). The summed E-state index contributed by atoms with van der Waals surface area (Å²) < 4.78 is 13.6. The van der Waals surface area contributed by atoms with Crippen LogP contribution in [0.4, 0.5) is 11.4 Å². The van der Waals surface area contributed by atoms with Gasteiger partial charge in [-0.1, -0.05) is 78.9 Å². The first-order chi connectivity index (χ1) is 25.3. The van der Waals surface area contributed by atoms with E-state index < -0.39 is 0 Å². The third-order valence-electron chi connectivity index (χ3n) is 11.5. The number of benzene rings is 4. The van der Waals surface area contributed by atoms with Gasteiger partial charge in [-0.25, -0.2) is 4.42 Å². The molecule has 252 valence electrons. The van der Waals surface area contributed by atoms with E-state index in [1.807, 2.05) is 0 Å². The Morgan fingerprint density at radius 2 is 1.27 bits per heavy atom. The van der Waals surface area contributed by atoms with Crippen molar-refractivity contribution in [3.63, 3.8) is 0 Å². The van der Waals surface area contributed by atoms with Crippen LogP contribution in [0, 0.1) is 0 Å². The molecule has 0 aliphatic carbocycles. The van der Waals surface area contributed by atoms with Gasteiger partial charge in [0.15, 0.2) is 0 Å². The number of hydrogen-bond donors (Lipinski definition) is 0. The average Bonchev–Trinajstić information content (AvgIpc) is 3.19. The third-order valence-corrected chi connectivity index (χ3v) is 11.5. The first-order valence-corrected chi connectivity index (χ1v) is 19.0. The first kappa shape index (κ1) is 30.5. The maximum absolute atomic E-state index is 6.81. The molecule has 0 fully saturated rings. The summed E-state index contributed by atoms with van der Waals surface area (Å²) in [5, 5.41) is 1.22. The van der Waals surface area contributed by atoms with Gasteiger partial charge in [0, 0.05) is 54.1 Å². The number of fused-ring (bicyclic) bond motifs is 4. The minimum Gasteiger partial charge on any atom is -0.456 e. The zero-order valence-electron chi connectivity index (χ0n) is 29.2. The van der Waals surface area contributed by atoms with Crippen LogP contribution in [0.1, 0.15) is 64.6 Å². The Morgan fingerprint density at radius 1 is 0.627 bits per heavy atom. The highest BCUT2D eigenvalue weighted by Gasteiger charge is 2.33. The Labute approximate surface area is 300 Å². The quantitative estimate of drug-likeness (QED) is 0.138. The molecule has 0 unspecified atom stereocenters. The van der Waals surface area contributed by atoms with Crippen LogP contribution in [0.15, 0.2) is 114 Å². The van der Waals surface area contributed by atoms with E-state index in [-0.39, 0.29) is 0 Å². The van der Waals surface area contributed by atoms with Crippen molar-refractivity contribution in [2.75, 3.05) is 36.0 Å².